The highest BCUT2D eigenvalue weighted by molar-refractivity contribution is 7.92. The van der Waals surface area contributed by atoms with E-state index in [1.54, 1.807) is 18.2 Å². The first-order valence-corrected chi connectivity index (χ1v) is 9.48. The summed E-state index contributed by atoms with van der Waals surface area (Å²) >= 11 is 0. The van der Waals surface area contributed by atoms with E-state index in [9.17, 15) is 18.3 Å². The van der Waals surface area contributed by atoms with Gasteiger partial charge >= 0.3 is 0 Å². The maximum Gasteiger partial charge on any atom is 0.251 e. The van der Waals surface area contributed by atoms with Crippen molar-refractivity contribution in [2.75, 3.05) is 36.7 Å². The van der Waals surface area contributed by atoms with Crippen LogP contribution in [0.4, 0.5) is 5.69 Å². The smallest absolute Gasteiger partial charge is 0.251 e. The summed E-state index contributed by atoms with van der Waals surface area (Å²) in [7, 11) is -3.28. The van der Waals surface area contributed by atoms with Crippen molar-refractivity contribution in [3.8, 4) is 0 Å². The molecule has 1 aromatic rings. The zero-order valence-corrected chi connectivity index (χ0v) is 13.8. The van der Waals surface area contributed by atoms with Gasteiger partial charge in [-0.15, -0.1) is 0 Å². The SMILES string of the molecule is CS(=O)(=O)N1CCc2cc(C(=O)NCC3CNCC3O)ccc21. The van der Waals surface area contributed by atoms with Crippen LogP contribution >= 0.6 is 0 Å². The second-order valence-electron chi connectivity index (χ2n) is 6.12. The third-order valence-electron chi connectivity index (χ3n) is 4.42. The van der Waals surface area contributed by atoms with Crippen LogP contribution in [0.25, 0.3) is 0 Å². The van der Waals surface area contributed by atoms with Gasteiger partial charge in [0.05, 0.1) is 18.0 Å². The van der Waals surface area contributed by atoms with E-state index in [1.807, 2.05) is 0 Å². The molecule has 8 heteroatoms. The number of carbonyl (C=O) groups excluding carboxylic acids is 1. The largest absolute Gasteiger partial charge is 0.391 e. The predicted molar refractivity (Wildman–Crippen MR) is 87.0 cm³/mol. The van der Waals surface area contributed by atoms with Gasteiger partial charge in [-0.25, -0.2) is 8.42 Å². The third kappa shape index (κ3) is 3.34. The van der Waals surface area contributed by atoms with Gasteiger partial charge in [-0.05, 0) is 30.2 Å². The van der Waals surface area contributed by atoms with E-state index >= 15 is 0 Å². The Kier molecular flexibility index (Phi) is 4.31. The zero-order valence-electron chi connectivity index (χ0n) is 12.9. The molecule has 7 nitrogen and oxygen atoms in total. The second-order valence-corrected chi connectivity index (χ2v) is 8.03. The van der Waals surface area contributed by atoms with Crippen LogP contribution in [0.1, 0.15) is 15.9 Å². The van der Waals surface area contributed by atoms with Crippen molar-refractivity contribution in [2.45, 2.75) is 12.5 Å². The molecule has 1 amide bonds. The van der Waals surface area contributed by atoms with Crippen molar-refractivity contribution in [2.24, 2.45) is 5.92 Å². The lowest BCUT2D eigenvalue weighted by Crippen LogP contribution is -2.34. The molecule has 2 unspecified atom stereocenters. The molecule has 3 rings (SSSR count). The maximum atomic E-state index is 12.2. The number of nitrogens with zero attached hydrogens (tertiary/aromatic N) is 1. The van der Waals surface area contributed by atoms with E-state index < -0.39 is 16.1 Å². The van der Waals surface area contributed by atoms with Gasteiger partial charge in [-0.2, -0.15) is 0 Å². The van der Waals surface area contributed by atoms with E-state index in [1.165, 1.54) is 10.6 Å². The maximum absolute atomic E-state index is 12.2. The number of hydrogen-bond acceptors (Lipinski definition) is 5. The van der Waals surface area contributed by atoms with Crippen LogP contribution in [0.2, 0.25) is 0 Å². The Hall–Kier alpha value is -1.64. The second kappa shape index (κ2) is 6.10. The Labute approximate surface area is 135 Å². The standard InChI is InChI=1S/C15H21N3O4S/c1-23(21,22)18-5-4-10-6-11(2-3-13(10)18)15(20)17-8-12-7-16-9-14(12)19/h2-3,6,12,14,16,19H,4-5,7-9H2,1H3,(H,17,20). The molecule has 2 aliphatic heterocycles. The minimum absolute atomic E-state index is 0.0223. The average Bonchev–Trinajstić information content (AvgIpc) is 3.09. The molecule has 2 atom stereocenters. The number of amides is 1. The van der Waals surface area contributed by atoms with Crippen LogP contribution in [0.15, 0.2) is 18.2 Å². The van der Waals surface area contributed by atoms with Crippen molar-refractivity contribution in [1.29, 1.82) is 0 Å². The van der Waals surface area contributed by atoms with Gasteiger partial charge in [0.1, 0.15) is 0 Å². The summed E-state index contributed by atoms with van der Waals surface area (Å²) in [4.78, 5) is 12.2. The Bertz CT molecular complexity index is 719. The summed E-state index contributed by atoms with van der Waals surface area (Å²) in [6, 6.07) is 5.07. The van der Waals surface area contributed by atoms with Gasteiger partial charge in [0.25, 0.3) is 5.91 Å². The molecule has 126 valence electrons. The molecule has 0 spiro atoms. The van der Waals surface area contributed by atoms with E-state index in [0.29, 0.717) is 43.9 Å². The van der Waals surface area contributed by atoms with Crippen molar-refractivity contribution in [3.05, 3.63) is 29.3 Å². The van der Waals surface area contributed by atoms with E-state index in [-0.39, 0.29) is 11.8 Å². The number of rotatable bonds is 4. The van der Waals surface area contributed by atoms with Crippen LogP contribution in [0, 0.1) is 5.92 Å². The number of benzene rings is 1. The number of sulfonamides is 1. The van der Waals surface area contributed by atoms with Gasteiger partial charge in [-0.3, -0.25) is 9.10 Å². The molecule has 0 saturated carbocycles. The Morgan fingerprint density at radius 3 is 2.87 bits per heavy atom. The number of aliphatic hydroxyl groups excluding tert-OH is 1. The van der Waals surface area contributed by atoms with E-state index in [4.69, 9.17) is 0 Å². The summed E-state index contributed by atoms with van der Waals surface area (Å²) < 4.78 is 24.8. The third-order valence-corrected chi connectivity index (χ3v) is 5.60. The van der Waals surface area contributed by atoms with Crippen LogP contribution in [-0.4, -0.2) is 58.0 Å². The predicted octanol–water partition coefficient (Wildman–Crippen LogP) is -0.681. The fraction of sp³-hybridized carbons (Fsp3) is 0.533. The summed E-state index contributed by atoms with van der Waals surface area (Å²) in [5.74, 6) is -0.182. The van der Waals surface area contributed by atoms with E-state index in [2.05, 4.69) is 10.6 Å². The van der Waals surface area contributed by atoms with Crippen LogP contribution < -0.4 is 14.9 Å². The molecule has 0 bridgehead atoms. The Morgan fingerprint density at radius 1 is 1.43 bits per heavy atom. The lowest BCUT2D eigenvalue weighted by Gasteiger charge is -2.17. The first kappa shape index (κ1) is 16.2. The van der Waals surface area contributed by atoms with Gasteiger partial charge in [0.15, 0.2) is 0 Å². The lowest BCUT2D eigenvalue weighted by molar-refractivity contribution is 0.0927. The Balaban J connectivity index is 1.69. The van der Waals surface area contributed by atoms with Crippen LogP contribution in [0.3, 0.4) is 0 Å². The van der Waals surface area contributed by atoms with Gasteiger partial charge in [0.2, 0.25) is 10.0 Å². The van der Waals surface area contributed by atoms with Crippen LogP contribution in [0.5, 0.6) is 0 Å². The number of anilines is 1. The molecular formula is C15H21N3O4S. The highest BCUT2D eigenvalue weighted by Crippen LogP contribution is 2.30. The number of hydrogen-bond donors (Lipinski definition) is 3. The molecular weight excluding hydrogens is 318 g/mol. The minimum Gasteiger partial charge on any atom is -0.391 e. The first-order chi connectivity index (χ1) is 10.9. The van der Waals surface area contributed by atoms with Crippen molar-refractivity contribution in [1.82, 2.24) is 10.6 Å². The fourth-order valence-electron chi connectivity index (χ4n) is 3.11. The van der Waals surface area contributed by atoms with E-state index in [0.717, 1.165) is 5.56 Å². The summed E-state index contributed by atoms with van der Waals surface area (Å²) in [6.45, 7) is 2.08. The Morgan fingerprint density at radius 2 is 2.22 bits per heavy atom. The van der Waals surface area contributed by atoms with Crippen molar-refractivity contribution < 1.29 is 18.3 Å². The quantitative estimate of drug-likeness (QED) is 0.675. The molecule has 2 aliphatic rings. The molecule has 2 heterocycles. The molecule has 0 aromatic heterocycles. The highest BCUT2D eigenvalue weighted by Gasteiger charge is 2.28. The van der Waals surface area contributed by atoms with Gasteiger partial charge < -0.3 is 15.7 Å². The van der Waals surface area contributed by atoms with Gasteiger partial charge in [0, 0.05) is 37.7 Å². The monoisotopic (exact) mass is 339 g/mol. The number of fused-ring (bicyclic) bond motifs is 1. The summed E-state index contributed by atoms with van der Waals surface area (Å²) in [5.41, 5.74) is 2.03. The average molecular weight is 339 g/mol. The summed E-state index contributed by atoms with van der Waals surface area (Å²) in [5, 5.41) is 15.6. The molecule has 0 radical (unpaired) electrons. The molecule has 1 saturated heterocycles. The molecule has 3 N–H and O–H groups in total. The molecule has 1 aromatic carbocycles. The number of nitrogens with one attached hydrogen (secondary N) is 2. The number of aliphatic hydroxyl groups is 1. The topological polar surface area (TPSA) is 98.7 Å². The normalized spacial score (nSPS) is 23.8. The van der Waals surface area contributed by atoms with Crippen molar-refractivity contribution >= 4 is 21.6 Å². The fourth-order valence-corrected chi connectivity index (χ4v) is 4.07. The first-order valence-electron chi connectivity index (χ1n) is 7.64. The van der Waals surface area contributed by atoms with Crippen molar-refractivity contribution in [3.63, 3.8) is 0 Å². The minimum atomic E-state index is -3.28. The molecule has 23 heavy (non-hydrogen) atoms. The number of carbonyl (C=O) groups is 1. The lowest BCUT2D eigenvalue weighted by atomic mass is 10.1. The summed E-state index contributed by atoms with van der Waals surface area (Å²) in [6.07, 6.45) is 1.36. The highest BCUT2D eigenvalue weighted by atomic mass is 32.2. The number of β-amino-alcohol motifs (C(OH)–C–C–N with tert-alkyl or cyclic N) is 1. The van der Waals surface area contributed by atoms with Crippen LogP contribution in [-0.2, 0) is 16.4 Å². The molecule has 0 aliphatic carbocycles. The molecule has 1 fully saturated rings. The van der Waals surface area contributed by atoms with Gasteiger partial charge in [-0.1, -0.05) is 0 Å². The zero-order chi connectivity index (χ0) is 16.6.